The van der Waals surface area contributed by atoms with Crippen molar-refractivity contribution in [3.05, 3.63) is 29.8 Å². The first-order valence-corrected chi connectivity index (χ1v) is 10.1. The molecule has 1 aromatic carbocycles. The Balaban J connectivity index is 0.00000625. The Morgan fingerprint density at radius 1 is 1.12 bits per heavy atom. The quantitative estimate of drug-likeness (QED) is 0.188. The van der Waals surface area contributed by atoms with E-state index in [0.29, 0.717) is 12.5 Å². The van der Waals surface area contributed by atoms with E-state index in [9.17, 15) is 8.42 Å². The SMILES string of the molecule is CCCCOCCCNC(=NC)NCc1ccc(S(=O)(=O)NC)cc1.I. The number of guanidine groups is 1. The second-order valence-electron chi connectivity index (χ2n) is 5.52. The normalized spacial score (nSPS) is 11.7. The third kappa shape index (κ3) is 9.70. The Bertz CT molecular complexity index is 621. The molecule has 3 N–H and O–H groups in total. The van der Waals surface area contributed by atoms with E-state index in [2.05, 4.69) is 27.3 Å². The molecule has 0 radical (unpaired) electrons. The summed E-state index contributed by atoms with van der Waals surface area (Å²) in [5.74, 6) is 0.709. The fourth-order valence-corrected chi connectivity index (χ4v) is 2.77. The van der Waals surface area contributed by atoms with Crippen molar-refractivity contribution >= 4 is 40.0 Å². The highest BCUT2D eigenvalue weighted by Gasteiger charge is 2.10. The van der Waals surface area contributed by atoms with Crippen LogP contribution in [0.15, 0.2) is 34.2 Å². The molecule has 7 nitrogen and oxygen atoms in total. The molecular formula is C17H31IN4O3S. The largest absolute Gasteiger partial charge is 0.381 e. The summed E-state index contributed by atoms with van der Waals surface area (Å²) in [6.07, 6.45) is 3.17. The van der Waals surface area contributed by atoms with Gasteiger partial charge in [0, 0.05) is 33.4 Å². The van der Waals surface area contributed by atoms with E-state index < -0.39 is 10.0 Å². The zero-order valence-corrected chi connectivity index (χ0v) is 18.9. The molecule has 9 heteroatoms. The van der Waals surface area contributed by atoms with Gasteiger partial charge in [-0.05, 0) is 37.6 Å². The maximum Gasteiger partial charge on any atom is 0.240 e. The zero-order chi connectivity index (χ0) is 18.5. The van der Waals surface area contributed by atoms with Crippen molar-refractivity contribution in [1.82, 2.24) is 15.4 Å². The number of aliphatic imine (C=N–C) groups is 1. The molecule has 0 aliphatic heterocycles. The molecule has 0 saturated carbocycles. The lowest BCUT2D eigenvalue weighted by atomic mass is 10.2. The molecule has 0 atom stereocenters. The molecule has 0 aromatic heterocycles. The van der Waals surface area contributed by atoms with Gasteiger partial charge in [-0.15, -0.1) is 24.0 Å². The average molecular weight is 498 g/mol. The molecular weight excluding hydrogens is 467 g/mol. The second kappa shape index (κ2) is 14.2. The van der Waals surface area contributed by atoms with E-state index in [1.807, 2.05) is 0 Å². The van der Waals surface area contributed by atoms with Crippen LogP contribution in [0.5, 0.6) is 0 Å². The minimum Gasteiger partial charge on any atom is -0.381 e. The number of hydrogen-bond donors (Lipinski definition) is 3. The number of nitrogens with one attached hydrogen (secondary N) is 3. The fourth-order valence-electron chi connectivity index (χ4n) is 2.04. The summed E-state index contributed by atoms with van der Waals surface area (Å²) in [4.78, 5) is 4.42. The highest BCUT2D eigenvalue weighted by atomic mass is 127. The molecule has 26 heavy (non-hydrogen) atoms. The Morgan fingerprint density at radius 3 is 2.35 bits per heavy atom. The standard InChI is InChI=1S/C17H30N4O3S.HI/c1-4-5-12-24-13-6-11-20-17(18-2)21-14-15-7-9-16(10-8-15)25(22,23)19-3;/h7-10,19H,4-6,11-14H2,1-3H3,(H2,18,20,21);1H. The second-order valence-corrected chi connectivity index (χ2v) is 7.41. The van der Waals surface area contributed by atoms with Crippen molar-refractivity contribution in [3.63, 3.8) is 0 Å². The minimum absolute atomic E-state index is 0. The zero-order valence-electron chi connectivity index (χ0n) is 15.7. The molecule has 0 spiro atoms. The highest BCUT2D eigenvalue weighted by molar-refractivity contribution is 14.0. The molecule has 0 unspecified atom stereocenters. The van der Waals surface area contributed by atoms with Crippen LogP contribution in [-0.4, -0.2) is 48.2 Å². The molecule has 0 aliphatic carbocycles. The Labute approximate surface area is 174 Å². The minimum atomic E-state index is -3.39. The molecule has 0 amide bonds. The first-order valence-electron chi connectivity index (χ1n) is 8.58. The van der Waals surface area contributed by atoms with Gasteiger partial charge in [-0.3, -0.25) is 4.99 Å². The van der Waals surface area contributed by atoms with Crippen LogP contribution in [-0.2, 0) is 21.3 Å². The summed E-state index contributed by atoms with van der Waals surface area (Å²) in [6, 6.07) is 6.75. The van der Waals surface area contributed by atoms with Gasteiger partial charge in [0.15, 0.2) is 5.96 Å². The first kappa shape index (κ1) is 25.1. The molecule has 0 aliphatic rings. The number of halogens is 1. The Hall–Kier alpha value is -0.910. The van der Waals surface area contributed by atoms with Gasteiger partial charge < -0.3 is 15.4 Å². The van der Waals surface area contributed by atoms with Gasteiger partial charge in [-0.1, -0.05) is 25.5 Å². The van der Waals surface area contributed by atoms with Crippen LogP contribution in [0.1, 0.15) is 31.7 Å². The van der Waals surface area contributed by atoms with Crippen molar-refractivity contribution in [1.29, 1.82) is 0 Å². The van der Waals surface area contributed by atoms with E-state index >= 15 is 0 Å². The smallest absolute Gasteiger partial charge is 0.240 e. The van der Waals surface area contributed by atoms with E-state index in [-0.39, 0.29) is 28.9 Å². The van der Waals surface area contributed by atoms with Crippen LogP contribution < -0.4 is 15.4 Å². The first-order chi connectivity index (χ1) is 12.0. The number of hydrogen-bond acceptors (Lipinski definition) is 4. The van der Waals surface area contributed by atoms with Crippen molar-refractivity contribution < 1.29 is 13.2 Å². The van der Waals surface area contributed by atoms with E-state index in [1.165, 1.54) is 7.05 Å². The summed E-state index contributed by atoms with van der Waals surface area (Å²) < 4.78 is 31.2. The maximum atomic E-state index is 11.7. The Kier molecular flexibility index (Phi) is 13.7. The number of ether oxygens (including phenoxy) is 1. The van der Waals surface area contributed by atoms with Gasteiger partial charge in [0.2, 0.25) is 10.0 Å². The number of nitrogens with zero attached hydrogens (tertiary/aromatic N) is 1. The third-order valence-corrected chi connectivity index (χ3v) is 5.02. The van der Waals surface area contributed by atoms with Gasteiger partial charge in [0.05, 0.1) is 4.90 Å². The maximum absolute atomic E-state index is 11.7. The van der Waals surface area contributed by atoms with Gasteiger partial charge >= 0.3 is 0 Å². The predicted molar refractivity (Wildman–Crippen MR) is 117 cm³/mol. The lowest BCUT2D eigenvalue weighted by Crippen LogP contribution is -2.37. The van der Waals surface area contributed by atoms with Crippen LogP contribution in [0.2, 0.25) is 0 Å². The average Bonchev–Trinajstić information content (AvgIpc) is 2.63. The van der Waals surface area contributed by atoms with E-state index in [4.69, 9.17) is 4.74 Å². The number of unbranched alkanes of at least 4 members (excludes halogenated alkanes) is 1. The molecule has 1 aromatic rings. The van der Waals surface area contributed by atoms with Crippen molar-refractivity contribution in [2.45, 2.75) is 37.6 Å². The molecule has 0 bridgehead atoms. The van der Waals surface area contributed by atoms with Gasteiger partial charge in [-0.2, -0.15) is 0 Å². The molecule has 1 rings (SSSR count). The van der Waals surface area contributed by atoms with Gasteiger partial charge in [0.25, 0.3) is 0 Å². The fraction of sp³-hybridized carbons (Fsp3) is 0.588. The summed E-state index contributed by atoms with van der Waals surface area (Å²) in [6.45, 7) is 5.06. The van der Waals surface area contributed by atoms with E-state index in [1.54, 1.807) is 31.3 Å². The highest BCUT2D eigenvalue weighted by Crippen LogP contribution is 2.09. The van der Waals surface area contributed by atoms with E-state index in [0.717, 1.165) is 44.6 Å². The van der Waals surface area contributed by atoms with Crippen molar-refractivity contribution in [2.75, 3.05) is 33.9 Å². The van der Waals surface area contributed by atoms with Gasteiger partial charge in [-0.25, -0.2) is 13.1 Å². The molecule has 0 saturated heterocycles. The summed E-state index contributed by atoms with van der Waals surface area (Å²) >= 11 is 0. The van der Waals surface area contributed by atoms with Crippen LogP contribution in [0.4, 0.5) is 0 Å². The molecule has 0 fully saturated rings. The van der Waals surface area contributed by atoms with Crippen molar-refractivity contribution in [3.8, 4) is 0 Å². The predicted octanol–water partition coefficient (Wildman–Crippen LogP) is 2.08. The summed E-state index contributed by atoms with van der Waals surface area (Å²) in [5.41, 5.74) is 0.973. The lowest BCUT2D eigenvalue weighted by Gasteiger charge is -2.12. The molecule has 150 valence electrons. The summed E-state index contributed by atoms with van der Waals surface area (Å²) in [5, 5.41) is 6.43. The van der Waals surface area contributed by atoms with Crippen LogP contribution in [0.3, 0.4) is 0 Å². The summed E-state index contributed by atoms with van der Waals surface area (Å²) in [7, 11) is -0.277. The van der Waals surface area contributed by atoms with Crippen LogP contribution in [0, 0.1) is 0 Å². The van der Waals surface area contributed by atoms with Crippen molar-refractivity contribution in [2.24, 2.45) is 4.99 Å². The number of sulfonamides is 1. The molecule has 0 heterocycles. The Morgan fingerprint density at radius 2 is 1.77 bits per heavy atom. The van der Waals surface area contributed by atoms with Crippen LogP contribution in [0.25, 0.3) is 0 Å². The monoisotopic (exact) mass is 498 g/mol. The van der Waals surface area contributed by atoms with Gasteiger partial charge in [0.1, 0.15) is 0 Å². The number of rotatable bonds is 11. The topological polar surface area (TPSA) is 91.8 Å². The number of benzene rings is 1. The third-order valence-electron chi connectivity index (χ3n) is 3.59. The van der Waals surface area contributed by atoms with Crippen LogP contribution >= 0.6 is 24.0 Å². The lowest BCUT2D eigenvalue weighted by molar-refractivity contribution is 0.129.